The molecule has 2 aromatic rings. The van der Waals surface area contributed by atoms with Crippen molar-refractivity contribution in [1.82, 2.24) is 15.1 Å². The molecular formula is C18H22BrN3O3. The average Bonchev–Trinajstić information content (AvgIpc) is 2.89. The van der Waals surface area contributed by atoms with Gasteiger partial charge in [-0.05, 0) is 44.5 Å². The van der Waals surface area contributed by atoms with Gasteiger partial charge in [-0.25, -0.2) is 0 Å². The lowest BCUT2D eigenvalue weighted by Gasteiger charge is -2.22. The van der Waals surface area contributed by atoms with Gasteiger partial charge in [-0.1, -0.05) is 15.9 Å². The average molecular weight is 408 g/mol. The minimum absolute atomic E-state index is 0.0122. The molecule has 3 rings (SSSR count). The number of rotatable bonds is 5. The van der Waals surface area contributed by atoms with E-state index in [0.29, 0.717) is 31.9 Å². The van der Waals surface area contributed by atoms with Crippen LogP contribution < -0.4 is 14.8 Å². The van der Waals surface area contributed by atoms with Crippen LogP contribution in [0.4, 0.5) is 0 Å². The molecule has 0 spiro atoms. The Morgan fingerprint density at radius 2 is 1.96 bits per heavy atom. The van der Waals surface area contributed by atoms with Crippen molar-refractivity contribution >= 4 is 21.8 Å². The first-order valence-electron chi connectivity index (χ1n) is 8.33. The van der Waals surface area contributed by atoms with Crippen LogP contribution in [0.25, 0.3) is 0 Å². The highest BCUT2D eigenvalue weighted by Gasteiger charge is 2.19. The Kier molecular flexibility index (Phi) is 5.32. The maximum atomic E-state index is 12.3. The van der Waals surface area contributed by atoms with Crippen molar-refractivity contribution in [2.75, 3.05) is 13.2 Å². The summed E-state index contributed by atoms with van der Waals surface area (Å²) in [5.74, 6) is 1.43. The van der Waals surface area contributed by atoms with Gasteiger partial charge in [0.1, 0.15) is 13.2 Å². The van der Waals surface area contributed by atoms with E-state index in [2.05, 4.69) is 26.3 Å². The van der Waals surface area contributed by atoms with Crippen molar-refractivity contribution in [1.29, 1.82) is 0 Å². The molecular weight excluding hydrogens is 386 g/mol. The van der Waals surface area contributed by atoms with Gasteiger partial charge in [-0.3, -0.25) is 9.48 Å². The van der Waals surface area contributed by atoms with Gasteiger partial charge < -0.3 is 14.8 Å². The Labute approximate surface area is 155 Å². The van der Waals surface area contributed by atoms with E-state index in [9.17, 15) is 4.79 Å². The minimum Gasteiger partial charge on any atom is -0.486 e. The molecule has 1 amide bonds. The number of halogens is 1. The summed E-state index contributed by atoms with van der Waals surface area (Å²) in [4.78, 5) is 12.3. The van der Waals surface area contributed by atoms with Gasteiger partial charge in [0.15, 0.2) is 11.5 Å². The number of amides is 1. The summed E-state index contributed by atoms with van der Waals surface area (Å²) < 4.78 is 13.9. The lowest BCUT2D eigenvalue weighted by Crippen LogP contribution is -2.28. The highest BCUT2D eigenvalue weighted by molar-refractivity contribution is 9.10. The summed E-state index contributed by atoms with van der Waals surface area (Å²) in [5.41, 5.74) is 2.99. The summed E-state index contributed by atoms with van der Waals surface area (Å²) in [6, 6.07) is 5.68. The fourth-order valence-corrected chi connectivity index (χ4v) is 3.58. The molecule has 134 valence electrons. The number of fused-ring (bicyclic) bond motifs is 1. The number of hydrogen-bond acceptors (Lipinski definition) is 4. The maximum Gasteiger partial charge on any atom is 0.222 e. The van der Waals surface area contributed by atoms with Crippen LogP contribution in [0.3, 0.4) is 0 Å². The van der Waals surface area contributed by atoms with Crippen molar-refractivity contribution in [3.63, 3.8) is 0 Å². The van der Waals surface area contributed by atoms with Crippen LogP contribution in [-0.4, -0.2) is 28.9 Å². The fourth-order valence-electron chi connectivity index (χ4n) is 2.91. The molecule has 7 heteroatoms. The number of nitrogens with zero attached hydrogens (tertiary/aromatic N) is 2. The number of aryl methyl sites for hydroxylation is 3. The van der Waals surface area contributed by atoms with E-state index in [4.69, 9.17) is 9.47 Å². The molecule has 0 bridgehead atoms. The van der Waals surface area contributed by atoms with Crippen LogP contribution in [0.2, 0.25) is 0 Å². The van der Waals surface area contributed by atoms with Gasteiger partial charge >= 0.3 is 0 Å². The number of nitrogens with one attached hydrogen (secondary N) is 1. The molecule has 0 saturated carbocycles. The second-order valence-electron chi connectivity index (χ2n) is 6.21. The van der Waals surface area contributed by atoms with E-state index >= 15 is 0 Å². The Morgan fingerprint density at radius 3 is 2.60 bits per heavy atom. The number of benzene rings is 1. The summed E-state index contributed by atoms with van der Waals surface area (Å²) in [6.45, 7) is 7.56. The van der Waals surface area contributed by atoms with Crippen molar-refractivity contribution in [3.8, 4) is 11.5 Å². The van der Waals surface area contributed by atoms with E-state index < -0.39 is 0 Å². The molecule has 1 aliphatic rings. The van der Waals surface area contributed by atoms with Gasteiger partial charge in [-0.2, -0.15) is 5.10 Å². The Hall–Kier alpha value is -2.02. The van der Waals surface area contributed by atoms with E-state index in [1.54, 1.807) is 0 Å². The molecule has 1 aromatic heterocycles. The molecule has 1 aromatic carbocycles. The first-order chi connectivity index (χ1) is 11.9. The molecule has 25 heavy (non-hydrogen) atoms. The second-order valence-corrected chi connectivity index (χ2v) is 7.06. The topological polar surface area (TPSA) is 65.4 Å². The van der Waals surface area contributed by atoms with Crippen LogP contribution in [0.1, 0.15) is 36.3 Å². The van der Waals surface area contributed by atoms with E-state index in [1.807, 2.05) is 43.7 Å². The lowest BCUT2D eigenvalue weighted by molar-refractivity contribution is -0.122. The van der Waals surface area contributed by atoms with E-state index in [1.165, 1.54) is 0 Å². The monoisotopic (exact) mass is 407 g/mol. The number of carbonyl (C=O) groups is 1. The summed E-state index contributed by atoms with van der Waals surface area (Å²) in [6.07, 6.45) is 0.383. The minimum atomic E-state index is -0.141. The molecule has 1 atom stereocenters. The SMILES string of the molecule is Cc1cc(C)n(CCC(=O)NC(C)c2cc3c(cc2Br)OCCO3)n1. The van der Waals surface area contributed by atoms with Crippen LogP contribution in [0.5, 0.6) is 11.5 Å². The zero-order chi connectivity index (χ0) is 18.0. The highest BCUT2D eigenvalue weighted by Crippen LogP contribution is 2.37. The molecule has 6 nitrogen and oxygen atoms in total. The second kappa shape index (κ2) is 7.47. The predicted molar refractivity (Wildman–Crippen MR) is 98.0 cm³/mol. The van der Waals surface area contributed by atoms with E-state index in [-0.39, 0.29) is 11.9 Å². The standard InChI is InChI=1S/C18H22BrN3O3/c1-11-8-12(2)22(21-11)5-4-18(23)20-13(3)14-9-16-17(10-15(14)19)25-7-6-24-16/h8-10,13H,4-7H2,1-3H3,(H,20,23). The predicted octanol–water partition coefficient (Wildman–Crippen LogP) is 3.30. The fraction of sp³-hybridized carbons (Fsp3) is 0.444. The van der Waals surface area contributed by atoms with Gasteiger partial charge in [0.2, 0.25) is 5.91 Å². The molecule has 1 N–H and O–H groups in total. The molecule has 2 heterocycles. The number of carbonyl (C=O) groups excluding carboxylic acids is 1. The maximum absolute atomic E-state index is 12.3. The molecule has 1 aliphatic heterocycles. The van der Waals surface area contributed by atoms with E-state index in [0.717, 1.165) is 27.2 Å². The van der Waals surface area contributed by atoms with Gasteiger partial charge in [0.25, 0.3) is 0 Å². The zero-order valence-electron chi connectivity index (χ0n) is 14.6. The number of hydrogen-bond donors (Lipinski definition) is 1. The first-order valence-corrected chi connectivity index (χ1v) is 9.13. The highest BCUT2D eigenvalue weighted by atomic mass is 79.9. The Bertz CT molecular complexity index is 788. The zero-order valence-corrected chi connectivity index (χ0v) is 16.2. The van der Waals surface area contributed by atoms with Gasteiger partial charge in [0.05, 0.1) is 11.7 Å². The molecule has 0 fully saturated rings. The summed E-state index contributed by atoms with van der Waals surface area (Å²) in [5, 5.41) is 7.41. The molecule has 0 saturated heterocycles. The first kappa shape index (κ1) is 17.8. The summed E-state index contributed by atoms with van der Waals surface area (Å²) in [7, 11) is 0. The molecule has 0 aliphatic carbocycles. The Balaban J connectivity index is 1.62. The number of ether oxygens (including phenoxy) is 2. The van der Waals surface area contributed by atoms with Gasteiger partial charge in [0, 0.05) is 23.1 Å². The van der Waals surface area contributed by atoms with Crippen LogP contribution >= 0.6 is 15.9 Å². The third kappa shape index (κ3) is 4.15. The van der Waals surface area contributed by atoms with Crippen molar-refractivity contribution < 1.29 is 14.3 Å². The molecule has 0 radical (unpaired) electrons. The van der Waals surface area contributed by atoms with Crippen molar-refractivity contribution in [2.24, 2.45) is 0 Å². The van der Waals surface area contributed by atoms with Crippen LogP contribution in [0.15, 0.2) is 22.7 Å². The van der Waals surface area contributed by atoms with Crippen LogP contribution in [-0.2, 0) is 11.3 Å². The largest absolute Gasteiger partial charge is 0.486 e. The normalized spacial score (nSPS) is 14.2. The quantitative estimate of drug-likeness (QED) is 0.825. The Morgan fingerprint density at radius 1 is 1.28 bits per heavy atom. The van der Waals surface area contributed by atoms with Crippen molar-refractivity contribution in [2.45, 2.75) is 39.8 Å². The smallest absolute Gasteiger partial charge is 0.222 e. The van der Waals surface area contributed by atoms with Crippen molar-refractivity contribution in [3.05, 3.63) is 39.6 Å². The summed E-state index contributed by atoms with van der Waals surface area (Å²) >= 11 is 3.55. The van der Waals surface area contributed by atoms with Crippen LogP contribution in [0, 0.1) is 13.8 Å². The lowest BCUT2D eigenvalue weighted by atomic mass is 10.1. The van der Waals surface area contributed by atoms with Gasteiger partial charge in [-0.15, -0.1) is 0 Å². The third-order valence-electron chi connectivity index (χ3n) is 4.16. The third-order valence-corrected chi connectivity index (χ3v) is 4.85. The molecule has 1 unspecified atom stereocenters. The number of aromatic nitrogens is 2.